The molecule has 5 nitrogen and oxygen atoms in total. The molecular formula is C14H18BrNO4. The SMILES string of the molecule is COc1ccc(Br)cc1C(C(=O)O)N(C(C)=O)C(C)C. The molecule has 0 aliphatic carbocycles. The summed E-state index contributed by atoms with van der Waals surface area (Å²) in [5, 5.41) is 9.54. The molecule has 0 spiro atoms. The van der Waals surface area contributed by atoms with Crippen LogP contribution in [0.2, 0.25) is 0 Å². The molecule has 110 valence electrons. The van der Waals surface area contributed by atoms with Crippen molar-refractivity contribution < 1.29 is 19.4 Å². The minimum atomic E-state index is -1.09. The second-order valence-electron chi connectivity index (χ2n) is 4.65. The lowest BCUT2D eigenvalue weighted by molar-refractivity contribution is -0.151. The Kier molecular flexibility index (Phi) is 5.56. The molecule has 0 saturated heterocycles. The fraction of sp³-hybridized carbons (Fsp3) is 0.429. The van der Waals surface area contributed by atoms with Gasteiger partial charge in [0.25, 0.3) is 0 Å². The van der Waals surface area contributed by atoms with Gasteiger partial charge >= 0.3 is 5.97 Å². The van der Waals surface area contributed by atoms with Crippen molar-refractivity contribution in [2.24, 2.45) is 0 Å². The van der Waals surface area contributed by atoms with Crippen LogP contribution >= 0.6 is 15.9 Å². The molecule has 1 N–H and O–H groups in total. The van der Waals surface area contributed by atoms with Gasteiger partial charge in [0.2, 0.25) is 5.91 Å². The lowest BCUT2D eigenvalue weighted by Gasteiger charge is -2.32. The third-order valence-electron chi connectivity index (χ3n) is 2.92. The Morgan fingerprint density at radius 3 is 2.35 bits per heavy atom. The summed E-state index contributed by atoms with van der Waals surface area (Å²) in [5.41, 5.74) is 0.443. The molecule has 0 heterocycles. The standard InChI is InChI=1S/C14H18BrNO4/c1-8(2)16(9(3)17)13(14(18)19)11-7-10(15)5-6-12(11)20-4/h5-8,13H,1-4H3,(H,18,19). The predicted octanol–water partition coefficient (Wildman–Crippen LogP) is 2.84. The maximum atomic E-state index is 11.8. The molecule has 0 aliphatic heterocycles. The number of hydrogen-bond acceptors (Lipinski definition) is 3. The van der Waals surface area contributed by atoms with Crippen LogP contribution in [0.25, 0.3) is 0 Å². The number of hydrogen-bond donors (Lipinski definition) is 1. The van der Waals surface area contributed by atoms with Gasteiger partial charge in [-0.1, -0.05) is 15.9 Å². The van der Waals surface area contributed by atoms with Crippen molar-refractivity contribution in [3.63, 3.8) is 0 Å². The summed E-state index contributed by atoms with van der Waals surface area (Å²) in [4.78, 5) is 24.8. The summed E-state index contributed by atoms with van der Waals surface area (Å²) in [6, 6.07) is 3.77. The highest BCUT2D eigenvalue weighted by molar-refractivity contribution is 9.10. The van der Waals surface area contributed by atoms with E-state index in [1.54, 1.807) is 32.0 Å². The Morgan fingerprint density at radius 2 is 1.95 bits per heavy atom. The normalized spacial score (nSPS) is 12.1. The number of nitrogens with zero attached hydrogens (tertiary/aromatic N) is 1. The fourth-order valence-corrected chi connectivity index (χ4v) is 2.54. The number of carbonyl (C=O) groups excluding carboxylic acids is 1. The van der Waals surface area contributed by atoms with E-state index < -0.39 is 12.0 Å². The average Bonchev–Trinajstić information content (AvgIpc) is 2.34. The zero-order chi connectivity index (χ0) is 15.4. The molecule has 20 heavy (non-hydrogen) atoms. The number of aliphatic carboxylic acids is 1. The number of carboxylic acid groups (broad SMARTS) is 1. The first-order chi connectivity index (χ1) is 9.29. The first-order valence-electron chi connectivity index (χ1n) is 6.14. The van der Waals surface area contributed by atoms with Crippen molar-refractivity contribution in [1.29, 1.82) is 0 Å². The van der Waals surface area contributed by atoms with Gasteiger partial charge in [-0.15, -0.1) is 0 Å². The van der Waals surface area contributed by atoms with E-state index in [4.69, 9.17) is 4.74 Å². The van der Waals surface area contributed by atoms with Crippen molar-refractivity contribution in [3.8, 4) is 5.75 Å². The quantitative estimate of drug-likeness (QED) is 0.892. The van der Waals surface area contributed by atoms with E-state index in [0.717, 1.165) is 4.47 Å². The van der Waals surface area contributed by atoms with E-state index in [2.05, 4.69) is 15.9 Å². The Hall–Kier alpha value is -1.56. The Morgan fingerprint density at radius 1 is 1.35 bits per heavy atom. The predicted molar refractivity (Wildman–Crippen MR) is 78.7 cm³/mol. The number of methoxy groups -OCH3 is 1. The van der Waals surface area contributed by atoms with Crippen LogP contribution in [-0.4, -0.2) is 35.0 Å². The smallest absolute Gasteiger partial charge is 0.331 e. The fourth-order valence-electron chi connectivity index (χ4n) is 2.16. The number of carboxylic acids is 1. The highest BCUT2D eigenvalue weighted by Crippen LogP contribution is 2.33. The van der Waals surface area contributed by atoms with Crippen molar-refractivity contribution in [2.45, 2.75) is 32.9 Å². The molecule has 1 aromatic carbocycles. The van der Waals surface area contributed by atoms with Crippen LogP contribution in [0.3, 0.4) is 0 Å². The molecule has 0 aromatic heterocycles. The third kappa shape index (κ3) is 3.50. The molecule has 1 amide bonds. The molecule has 1 atom stereocenters. The van der Waals surface area contributed by atoms with Crippen LogP contribution in [0, 0.1) is 0 Å². The Balaban J connectivity index is 3.44. The summed E-state index contributed by atoms with van der Waals surface area (Å²) in [7, 11) is 1.47. The average molecular weight is 344 g/mol. The molecule has 0 radical (unpaired) electrons. The second-order valence-corrected chi connectivity index (χ2v) is 5.56. The summed E-state index contributed by atoms with van der Waals surface area (Å²) >= 11 is 3.31. The van der Waals surface area contributed by atoms with Crippen LogP contribution in [0.5, 0.6) is 5.75 Å². The first-order valence-corrected chi connectivity index (χ1v) is 6.94. The van der Waals surface area contributed by atoms with Crippen LogP contribution < -0.4 is 4.74 Å². The van der Waals surface area contributed by atoms with Crippen LogP contribution in [0.1, 0.15) is 32.4 Å². The zero-order valence-electron chi connectivity index (χ0n) is 11.9. The second kappa shape index (κ2) is 6.74. The molecule has 0 aliphatic rings. The van der Waals surface area contributed by atoms with Gasteiger partial charge in [-0.3, -0.25) is 4.79 Å². The zero-order valence-corrected chi connectivity index (χ0v) is 13.5. The van der Waals surface area contributed by atoms with E-state index in [1.807, 2.05) is 0 Å². The van der Waals surface area contributed by atoms with E-state index in [9.17, 15) is 14.7 Å². The number of rotatable bonds is 5. The van der Waals surface area contributed by atoms with Gasteiger partial charge in [0.1, 0.15) is 5.75 Å². The molecule has 0 fully saturated rings. The maximum absolute atomic E-state index is 11.8. The van der Waals surface area contributed by atoms with E-state index in [-0.39, 0.29) is 11.9 Å². The van der Waals surface area contributed by atoms with E-state index >= 15 is 0 Å². The van der Waals surface area contributed by atoms with E-state index in [0.29, 0.717) is 11.3 Å². The number of halogens is 1. The van der Waals surface area contributed by atoms with Gasteiger partial charge in [-0.05, 0) is 32.0 Å². The van der Waals surface area contributed by atoms with Crippen LogP contribution in [0.4, 0.5) is 0 Å². The van der Waals surface area contributed by atoms with Gasteiger partial charge in [0.15, 0.2) is 6.04 Å². The van der Waals surface area contributed by atoms with Crippen molar-refractivity contribution in [2.75, 3.05) is 7.11 Å². The molecule has 0 saturated carbocycles. The lowest BCUT2D eigenvalue weighted by atomic mass is 10.0. The molecule has 1 unspecified atom stereocenters. The number of amides is 1. The van der Waals surface area contributed by atoms with Gasteiger partial charge < -0.3 is 14.7 Å². The molecule has 0 bridgehead atoms. The molecule has 1 rings (SSSR count). The third-order valence-corrected chi connectivity index (χ3v) is 3.41. The van der Waals surface area contributed by atoms with Gasteiger partial charge in [-0.25, -0.2) is 4.79 Å². The topological polar surface area (TPSA) is 66.8 Å². The van der Waals surface area contributed by atoms with Crippen molar-refractivity contribution >= 4 is 27.8 Å². The number of carbonyl (C=O) groups is 2. The largest absolute Gasteiger partial charge is 0.496 e. The molecular weight excluding hydrogens is 326 g/mol. The highest BCUT2D eigenvalue weighted by Gasteiger charge is 2.33. The summed E-state index contributed by atoms with van der Waals surface area (Å²) in [6.45, 7) is 4.92. The highest BCUT2D eigenvalue weighted by atomic mass is 79.9. The van der Waals surface area contributed by atoms with Gasteiger partial charge in [-0.2, -0.15) is 0 Å². The van der Waals surface area contributed by atoms with Crippen LogP contribution in [0.15, 0.2) is 22.7 Å². The first kappa shape index (κ1) is 16.5. The summed E-state index contributed by atoms with van der Waals surface area (Å²) < 4.78 is 5.95. The number of benzene rings is 1. The minimum Gasteiger partial charge on any atom is -0.496 e. The maximum Gasteiger partial charge on any atom is 0.331 e. The van der Waals surface area contributed by atoms with Crippen molar-refractivity contribution in [1.82, 2.24) is 4.90 Å². The summed E-state index contributed by atoms with van der Waals surface area (Å²) in [6.07, 6.45) is 0. The minimum absolute atomic E-state index is 0.239. The summed E-state index contributed by atoms with van der Waals surface area (Å²) in [5.74, 6) is -0.952. The van der Waals surface area contributed by atoms with Crippen molar-refractivity contribution in [3.05, 3.63) is 28.2 Å². The lowest BCUT2D eigenvalue weighted by Crippen LogP contribution is -2.42. The Bertz CT molecular complexity index is 516. The molecule has 1 aromatic rings. The van der Waals surface area contributed by atoms with Gasteiger partial charge in [0, 0.05) is 23.0 Å². The molecule has 6 heteroatoms. The Labute approximate surface area is 126 Å². The van der Waals surface area contributed by atoms with Crippen LogP contribution in [-0.2, 0) is 9.59 Å². The van der Waals surface area contributed by atoms with Gasteiger partial charge in [0.05, 0.1) is 7.11 Å². The van der Waals surface area contributed by atoms with E-state index in [1.165, 1.54) is 18.9 Å². The number of ether oxygens (including phenoxy) is 1. The monoisotopic (exact) mass is 343 g/mol.